The van der Waals surface area contributed by atoms with Crippen LogP contribution in [0, 0.1) is 0 Å². The second-order valence-electron chi connectivity index (χ2n) is 6.34. The number of rotatable bonds is 6. The van der Waals surface area contributed by atoms with Crippen molar-refractivity contribution in [2.24, 2.45) is 0 Å². The lowest BCUT2D eigenvalue weighted by Crippen LogP contribution is -2.44. The van der Waals surface area contributed by atoms with Gasteiger partial charge in [-0.3, -0.25) is 14.4 Å². The highest BCUT2D eigenvalue weighted by Gasteiger charge is 2.28. The standard InChI is InChI=1S/C20H22ClN3O4/c1-13(25)23-16-8-5-9-17(11-16)24-19(27)18(26)22-12-20(2,28-3)14-6-4-7-15(21)10-14/h4-11H,12H2,1-3H3,(H,22,26)(H,23,25)(H,24,27). The van der Waals surface area contributed by atoms with E-state index in [1.807, 2.05) is 6.07 Å². The Morgan fingerprint density at radius 2 is 1.64 bits per heavy atom. The zero-order valence-electron chi connectivity index (χ0n) is 15.8. The van der Waals surface area contributed by atoms with Gasteiger partial charge in [0.15, 0.2) is 0 Å². The van der Waals surface area contributed by atoms with Crippen molar-refractivity contribution in [3.8, 4) is 0 Å². The van der Waals surface area contributed by atoms with Gasteiger partial charge < -0.3 is 20.7 Å². The van der Waals surface area contributed by atoms with Crippen molar-refractivity contribution in [3.05, 3.63) is 59.1 Å². The number of hydrogen-bond acceptors (Lipinski definition) is 4. The van der Waals surface area contributed by atoms with E-state index in [9.17, 15) is 14.4 Å². The molecular weight excluding hydrogens is 382 g/mol. The molecule has 0 spiro atoms. The number of hydrogen-bond donors (Lipinski definition) is 3. The second-order valence-corrected chi connectivity index (χ2v) is 6.78. The SMILES string of the molecule is COC(C)(CNC(=O)C(=O)Nc1cccc(NC(C)=O)c1)c1cccc(Cl)c1. The van der Waals surface area contributed by atoms with Crippen LogP contribution >= 0.6 is 11.6 Å². The van der Waals surface area contributed by atoms with Crippen LogP contribution in [-0.2, 0) is 24.7 Å². The van der Waals surface area contributed by atoms with Crippen LogP contribution in [0.3, 0.4) is 0 Å². The van der Waals surface area contributed by atoms with E-state index in [1.165, 1.54) is 14.0 Å². The van der Waals surface area contributed by atoms with Gasteiger partial charge in [-0.05, 0) is 42.8 Å². The minimum atomic E-state index is -0.855. The molecule has 3 amide bonds. The Morgan fingerprint density at radius 3 is 2.25 bits per heavy atom. The van der Waals surface area contributed by atoms with Crippen LogP contribution < -0.4 is 16.0 Å². The fraction of sp³-hybridized carbons (Fsp3) is 0.250. The van der Waals surface area contributed by atoms with Gasteiger partial charge in [-0.25, -0.2) is 0 Å². The predicted molar refractivity (Wildman–Crippen MR) is 108 cm³/mol. The van der Waals surface area contributed by atoms with Gasteiger partial charge in [0.2, 0.25) is 5.91 Å². The van der Waals surface area contributed by atoms with Crippen LogP contribution in [0.25, 0.3) is 0 Å². The zero-order chi connectivity index (χ0) is 20.7. The van der Waals surface area contributed by atoms with Crippen LogP contribution in [0.5, 0.6) is 0 Å². The Morgan fingerprint density at radius 1 is 1.00 bits per heavy atom. The Labute approximate surface area is 168 Å². The van der Waals surface area contributed by atoms with E-state index in [2.05, 4.69) is 16.0 Å². The van der Waals surface area contributed by atoms with E-state index < -0.39 is 17.4 Å². The smallest absolute Gasteiger partial charge is 0.313 e. The summed E-state index contributed by atoms with van der Waals surface area (Å²) in [5.74, 6) is -1.87. The second kappa shape index (κ2) is 9.34. The molecule has 0 saturated heterocycles. The molecule has 0 aromatic heterocycles. The van der Waals surface area contributed by atoms with Crippen molar-refractivity contribution in [2.75, 3.05) is 24.3 Å². The van der Waals surface area contributed by atoms with Gasteiger partial charge in [0.25, 0.3) is 0 Å². The summed E-state index contributed by atoms with van der Waals surface area (Å²) < 4.78 is 5.53. The molecule has 7 nitrogen and oxygen atoms in total. The third kappa shape index (κ3) is 5.80. The largest absolute Gasteiger partial charge is 0.372 e. The number of amides is 3. The fourth-order valence-electron chi connectivity index (χ4n) is 2.50. The lowest BCUT2D eigenvalue weighted by molar-refractivity contribution is -0.137. The first-order valence-corrected chi connectivity index (χ1v) is 8.89. The molecule has 0 aliphatic heterocycles. The lowest BCUT2D eigenvalue weighted by atomic mass is 9.95. The topological polar surface area (TPSA) is 96.5 Å². The summed E-state index contributed by atoms with van der Waals surface area (Å²) >= 11 is 6.02. The number of methoxy groups -OCH3 is 1. The van der Waals surface area contributed by atoms with E-state index >= 15 is 0 Å². The van der Waals surface area contributed by atoms with Crippen LogP contribution in [0.15, 0.2) is 48.5 Å². The van der Waals surface area contributed by atoms with Crippen molar-refractivity contribution in [3.63, 3.8) is 0 Å². The molecule has 1 unspecified atom stereocenters. The minimum absolute atomic E-state index is 0.0715. The third-order valence-electron chi connectivity index (χ3n) is 4.12. The summed E-state index contributed by atoms with van der Waals surface area (Å²) in [6.45, 7) is 3.24. The van der Waals surface area contributed by atoms with Crippen LogP contribution in [0.4, 0.5) is 11.4 Å². The molecule has 0 aliphatic carbocycles. The van der Waals surface area contributed by atoms with Crippen LogP contribution in [0.1, 0.15) is 19.4 Å². The highest BCUT2D eigenvalue weighted by Crippen LogP contribution is 2.26. The monoisotopic (exact) mass is 403 g/mol. The summed E-state index contributed by atoms with van der Waals surface area (Å²) in [5.41, 5.74) is 0.812. The van der Waals surface area contributed by atoms with Crippen molar-refractivity contribution in [2.45, 2.75) is 19.4 Å². The number of anilines is 2. The highest BCUT2D eigenvalue weighted by molar-refractivity contribution is 6.39. The summed E-state index contributed by atoms with van der Waals surface area (Å²) in [6, 6.07) is 13.6. The minimum Gasteiger partial charge on any atom is -0.372 e. The van der Waals surface area contributed by atoms with Gasteiger partial charge in [0.05, 0.1) is 6.54 Å². The zero-order valence-corrected chi connectivity index (χ0v) is 16.6. The average Bonchev–Trinajstić information content (AvgIpc) is 2.65. The van der Waals surface area contributed by atoms with Gasteiger partial charge >= 0.3 is 11.8 Å². The van der Waals surface area contributed by atoms with E-state index in [0.717, 1.165) is 5.56 Å². The number of carbonyl (C=O) groups excluding carboxylic acids is 3. The van der Waals surface area contributed by atoms with Gasteiger partial charge in [0, 0.05) is 30.4 Å². The van der Waals surface area contributed by atoms with Crippen molar-refractivity contribution in [1.29, 1.82) is 0 Å². The normalized spacial score (nSPS) is 12.6. The molecule has 1 atom stereocenters. The van der Waals surface area contributed by atoms with Gasteiger partial charge in [-0.15, -0.1) is 0 Å². The summed E-state index contributed by atoms with van der Waals surface area (Å²) in [5, 5.41) is 8.21. The number of benzene rings is 2. The molecule has 2 aromatic carbocycles. The average molecular weight is 404 g/mol. The first-order chi connectivity index (χ1) is 13.2. The van der Waals surface area contributed by atoms with Gasteiger partial charge in [-0.1, -0.05) is 29.8 Å². The first kappa shape index (κ1) is 21.4. The lowest BCUT2D eigenvalue weighted by Gasteiger charge is -2.29. The Balaban J connectivity index is 2.00. The third-order valence-corrected chi connectivity index (χ3v) is 4.35. The maximum absolute atomic E-state index is 12.2. The van der Waals surface area contributed by atoms with Crippen LogP contribution in [-0.4, -0.2) is 31.4 Å². The molecule has 28 heavy (non-hydrogen) atoms. The van der Waals surface area contributed by atoms with E-state index in [-0.39, 0.29) is 12.5 Å². The summed E-state index contributed by atoms with van der Waals surface area (Å²) in [7, 11) is 1.51. The first-order valence-electron chi connectivity index (χ1n) is 8.51. The number of halogens is 1. The Hall–Kier alpha value is -2.90. The highest BCUT2D eigenvalue weighted by atomic mass is 35.5. The van der Waals surface area contributed by atoms with Gasteiger partial charge in [-0.2, -0.15) is 0 Å². The summed E-state index contributed by atoms with van der Waals surface area (Å²) in [6.07, 6.45) is 0. The molecule has 0 saturated carbocycles. The van der Waals surface area contributed by atoms with Crippen molar-refractivity contribution in [1.82, 2.24) is 5.32 Å². The van der Waals surface area contributed by atoms with E-state index in [0.29, 0.717) is 16.4 Å². The molecule has 0 aliphatic rings. The number of carbonyl (C=O) groups is 3. The maximum atomic E-state index is 12.2. The number of nitrogens with one attached hydrogen (secondary N) is 3. The maximum Gasteiger partial charge on any atom is 0.313 e. The quantitative estimate of drug-likeness (QED) is 0.646. The molecule has 2 rings (SSSR count). The van der Waals surface area contributed by atoms with E-state index in [1.54, 1.807) is 49.4 Å². The van der Waals surface area contributed by atoms with E-state index in [4.69, 9.17) is 16.3 Å². The molecule has 3 N–H and O–H groups in total. The molecular formula is C20H22ClN3O4. The Bertz CT molecular complexity index is 887. The molecule has 148 valence electrons. The predicted octanol–water partition coefficient (Wildman–Crippen LogP) is 2.91. The van der Waals surface area contributed by atoms with Gasteiger partial charge in [0.1, 0.15) is 5.60 Å². The van der Waals surface area contributed by atoms with Crippen LogP contribution in [0.2, 0.25) is 5.02 Å². The molecule has 0 heterocycles. The molecule has 0 fully saturated rings. The molecule has 8 heteroatoms. The number of ether oxygens (including phenoxy) is 1. The molecule has 2 aromatic rings. The molecule has 0 bridgehead atoms. The fourth-order valence-corrected chi connectivity index (χ4v) is 2.69. The van der Waals surface area contributed by atoms with Crippen molar-refractivity contribution >= 4 is 40.7 Å². The Kier molecular flexibility index (Phi) is 7.14. The summed E-state index contributed by atoms with van der Waals surface area (Å²) in [4.78, 5) is 35.5. The van der Waals surface area contributed by atoms with Crippen molar-refractivity contribution < 1.29 is 19.1 Å². The molecule has 0 radical (unpaired) electrons.